The van der Waals surface area contributed by atoms with Gasteiger partial charge in [0.25, 0.3) is 0 Å². The fraction of sp³-hybridized carbons (Fsp3) is 0.0263. The third-order valence-electron chi connectivity index (χ3n) is 8.57. The molecular weight excluding hydrogens is 498 g/mol. The number of nitrogens with one attached hydrogen (secondary N) is 1. The average Bonchev–Trinajstić information content (AvgIpc) is 3.41. The van der Waals surface area contributed by atoms with Gasteiger partial charge in [0.1, 0.15) is 0 Å². The first kappa shape index (κ1) is 22.4. The van der Waals surface area contributed by atoms with E-state index in [2.05, 4.69) is 149 Å². The van der Waals surface area contributed by atoms with Crippen LogP contribution in [0.4, 0.5) is 5.69 Å². The van der Waals surface area contributed by atoms with E-state index in [1.165, 1.54) is 54.1 Å². The number of aliphatic imine (C=N–C) groups is 1. The van der Waals surface area contributed by atoms with Gasteiger partial charge in [0.15, 0.2) is 0 Å². The summed E-state index contributed by atoms with van der Waals surface area (Å²) in [4.78, 5) is 5.50. The molecule has 7 aromatic carbocycles. The molecule has 0 saturated heterocycles. The molecule has 0 radical (unpaired) electrons. The number of para-hydroxylation sites is 1. The molecule has 1 aliphatic rings. The second-order valence-corrected chi connectivity index (χ2v) is 10.8. The van der Waals surface area contributed by atoms with E-state index in [1.807, 2.05) is 0 Å². The molecule has 0 saturated carbocycles. The molecule has 8 aromatic rings. The van der Waals surface area contributed by atoms with Crippen LogP contribution in [0.2, 0.25) is 0 Å². The highest BCUT2D eigenvalue weighted by atomic mass is 15.3. The number of benzene rings is 7. The molecule has 1 aromatic heterocycles. The lowest BCUT2D eigenvalue weighted by atomic mass is 9.96. The Morgan fingerprint density at radius 3 is 1.95 bits per heavy atom. The highest BCUT2D eigenvalue weighted by Gasteiger charge is 2.27. The minimum Gasteiger partial charge on any atom is -0.346 e. The van der Waals surface area contributed by atoms with Crippen molar-refractivity contribution in [3.8, 4) is 0 Å². The molecule has 3 heteroatoms. The van der Waals surface area contributed by atoms with Crippen LogP contribution < -0.4 is 5.32 Å². The van der Waals surface area contributed by atoms with Crippen LogP contribution >= 0.6 is 0 Å². The van der Waals surface area contributed by atoms with Crippen molar-refractivity contribution in [1.82, 2.24) is 4.57 Å². The first-order valence-corrected chi connectivity index (χ1v) is 14.1. The molecule has 1 N–H and O–H groups in total. The fourth-order valence-corrected chi connectivity index (χ4v) is 6.85. The summed E-state index contributed by atoms with van der Waals surface area (Å²) in [5.74, 6) is 0. The lowest BCUT2D eigenvalue weighted by Crippen LogP contribution is -2.25. The molecule has 1 aliphatic heterocycles. The standard InChI is InChI=1S/C38H25N3/c1-2-13-25(14-3-1)35-31-20-10-11-21-33(31)39-38(40-35)41-36-26-15-5-4-12-24(26)22-23-32(36)34-29-18-8-6-16-27(29)28-17-7-9-19-30(28)37(34)41/h1-23,38-39H. The summed E-state index contributed by atoms with van der Waals surface area (Å²) >= 11 is 0. The van der Waals surface area contributed by atoms with Crippen molar-refractivity contribution in [2.24, 2.45) is 4.99 Å². The van der Waals surface area contributed by atoms with E-state index in [-0.39, 0.29) is 6.29 Å². The summed E-state index contributed by atoms with van der Waals surface area (Å²) < 4.78 is 2.46. The zero-order chi connectivity index (χ0) is 26.9. The first-order valence-electron chi connectivity index (χ1n) is 14.1. The summed E-state index contributed by atoms with van der Waals surface area (Å²) in [6.07, 6.45) is -0.338. The Morgan fingerprint density at radius 2 is 1.12 bits per heavy atom. The van der Waals surface area contributed by atoms with E-state index >= 15 is 0 Å². The number of anilines is 1. The number of aromatic nitrogens is 1. The molecule has 1 atom stereocenters. The molecule has 0 bridgehead atoms. The van der Waals surface area contributed by atoms with E-state index in [4.69, 9.17) is 4.99 Å². The quantitative estimate of drug-likeness (QED) is 0.225. The van der Waals surface area contributed by atoms with Crippen LogP contribution in [0.3, 0.4) is 0 Å². The number of hydrogen-bond donors (Lipinski definition) is 1. The lowest BCUT2D eigenvalue weighted by molar-refractivity contribution is 0.627. The molecule has 0 fully saturated rings. The number of hydrogen-bond acceptors (Lipinski definition) is 2. The molecule has 0 amide bonds. The molecule has 3 nitrogen and oxygen atoms in total. The smallest absolute Gasteiger partial charge is 0.201 e. The normalized spacial score (nSPS) is 14.9. The topological polar surface area (TPSA) is 29.3 Å². The Hall–Kier alpha value is -5.41. The van der Waals surface area contributed by atoms with Gasteiger partial charge in [-0.1, -0.05) is 133 Å². The zero-order valence-corrected chi connectivity index (χ0v) is 22.3. The van der Waals surface area contributed by atoms with Gasteiger partial charge in [-0.2, -0.15) is 0 Å². The molecule has 0 aliphatic carbocycles. The van der Waals surface area contributed by atoms with Gasteiger partial charge < -0.3 is 5.32 Å². The number of fused-ring (bicyclic) bond motifs is 11. The van der Waals surface area contributed by atoms with Crippen LogP contribution in [0.5, 0.6) is 0 Å². The second kappa shape index (κ2) is 8.54. The SMILES string of the molecule is c1ccc(C2=NC(n3c4c5ccccc5ccc4c4c5ccccc5c5ccccc5c43)Nc3ccccc32)cc1. The fourth-order valence-electron chi connectivity index (χ4n) is 6.85. The van der Waals surface area contributed by atoms with Crippen LogP contribution in [0.15, 0.2) is 145 Å². The van der Waals surface area contributed by atoms with Gasteiger partial charge in [-0.15, -0.1) is 0 Å². The molecular formula is C38H25N3. The summed E-state index contributed by atoms with van der Waals surface area (Å²) in [7, 11) is 0. The lowest BCUT2D eigenvalue weighted by Gasteiger charge is -2.28. The van der Waals surface area contributed by atoms with Gasteiger partial charge in [0.2, 0.25) is 6.29 Å². The van der Waals surface area contributed by atoms with Gasteiger partial charge in [0, 0.05) is 38.4 Å². The van der Waals surface area contributed by atoms with Crippen molar-refractivity contribution in [2.45, 2.75) is 6.29 Å². The molecule has 192 valence electrons. The van der Waals surface area contributed by atoms with Crippen molar-refractivity contribution in [1.29, 1.82) is 0 Å². The van der Waals surface area contributed by atoms with E-state index < -0.39 is 0 Å². The Morgan fingerprint density at radius 1 is 0.488 bits per heavy atom. The van der Waals surface area contributed by atoms with Crippen LogP contribution in [-0.4, -0.2) is 10.3 Å². The van der Waals surface area contributed by atoms with Crippen LogP contribution in [0.1, 0.15) is 17.4 Å². The predicted molar refractivity (Wildman–Crippen MR) is 173 cm³/mol. The first-order chi connectivity index (χ1) is 20.4. The van der Waals surface area contributed by atoms with Gasteiger partial charge in [-0.3, -0.25) is 4.57 Å². The van der Waals surface area contributed by atoms with Crippen LogP contribution in [-0.2, 0) is 0 Å². The largest absolute Gasteiger partial charge is 0.346 e. The predicted octanol–water partition coefficient (Wildman–Crippen LogP) is 9.67. The summed E-state index contributed by atoms with van der Waals surface area (Å²) in [5.41, 5.74) is 6.74. The molecule has 0 spiro atoms. The third-order valence-corrected chi connectivity index (χ3v) is 8.57. The summed E-state index contributed by atoms with van der Waals surface area (Å²) in [6.45, 7) is 0. The van der Waals surface area contributed by atoms with E-state index in [1.54, 1.807) is 0 Å². The van der Waals surface area contributed by atoms with Crippen molar-refractivity contribution < 1.29 is 0 Å². The second-order valence-electron chi connectivity index (χ2n) is 10.8. The third kappa shape index (κ3) is 3.17. The van der Waals surface area contributed by atoms with E-state index in [9.17, 15) is 0 Å². The maximum Gasteiger partial charge on any atom is 0.201 e. The average molecular weight is 524 g/mol. The maximum absolute atomic E-state index is 5.50. The monoisotopic (exact) mass is 523 g/mol. The van der Waals surface area contributed by atoms with Crippen molar-refractivity contribution in [3.05, 3.63) is 151 Å². The summed E-state index contributed by atoms with van der Waals surface area (Å²) in [5, 5.41) is 13.8. The molecule has 1 unspecified atom stereocenters. The Bertz CT molecular complexity index is 2340. The van der Waals surface area contributed by atoms with Gasteiger partial charge in [-0.05, 0) is 27.6 Å². The van der Waals surface area contributed by atoms with E-state index in [0.717, 1.165) is 22.5 Å². The minimum absolute atomic E-state index is 0.338. The minimum atomic E-state index is -0.338. The van der Waals surface area contributed by atoms with Crippen LogP contribution in [0.25, 0.3) is 54.1 Å². The Labute approximate surface area is 237 Å². The Kier molecular flexibility index (Phi) is 4.67. The van der Waals surface area contributed by atoms with Crippen molar-refractivity contribution in [3.63, 3.8) is 0 Å². The van der Waals surface area contributed by atoms with Gasteiger partial charge in [-0.25, -0.2) is 4.99 Å². The highest BCUT2D eigenvalue weighted by Crippen LogP contribution is 2.45. The van der Waals surface area contributed by atoms with Gasteiger partial charge in [0.05, 0.1) is 16.7 Å². The van der Waals surface area contributed by atoms with E-state index in [0.29, 0.717) is 0 Å². The van der Waals surface area contributed by atoms with Gasteiger partial charge >= 0.3 is 0 Å². The number of rotatable bonds is 2. The van der Waals surface area contributed by atoms with Crippen LogP contribution in [0, 0.1) is 0 Å². The molecule has 41 heavy (non-hydrogen) atoms. The number of nitrogens with zero attached hydrogens (tertiary/aromatic N) is 2. The Balaban J connectivity index is 1.50. The molecule has 2 heterocycles. The van der Waals surface area contributed by atoms with Crippen molar-refractivity contribution in [2.75, 3.05) is 5.32 Å². The van der Waals surface area contributed by atoms with Crippen molar-refractivity contribution >= 4 is 65.5 Å². The highest BCUT2D eigenvalue weighted by molar-refractivity contribution is 6.34. The zero-order valence-electron chi connectivity index (χ0n) is 22.3. The molecule has 9 rings (SSSR count). The summed E-state index contributed by atoms with van der Waals surface area (Å²) in [6, 6.07) is 50.0. The maximum atomic E-state index is 5.50.